The van der Waals surface area contributed by atoms with Gasteiger partial charge in [-0.05, 0) is 52.4 Å². The molecule has 47 heavy (non-hydrogen) atoms. The zero-order valence-electron chi connectivity index (χ0n) is 29.0. The van der Waals surface area contributed by atoms with E-state index in [1.165, 1.54) is 24.0 Å². The minimum atomic E-state index is -0.812. The highest BCUT2D eigenvalue weighted by atomic mass is 16.8. The highest BCUT2D eigenvalue weighted by molar-refractivity contribution is 5.79. The Bertz CT molecular complexity index is 1320. The van der Waals surface area contributed by atoms with Gasteiger partial charge in [-0.1, -0.05) is 106 Å². The van der Waals surface area contributed by atoms with Crippen molar-refractivity contribution in [1.82, 2.24) is 15.2 Å². The van der Waals surface area contributed by atoms with E-state index in [4.69, 9.17) is 28.5 Å². The number of hydrogen-bond donors (Lipinski definition) is 0. The number of unbranched alkanes of at least 4 members (excludes halogenated alkanes) is 2. The lowest BCUT2D eigenvalue weighted by atomic mass is 9.98. The molecule has 0 amide bonds. The topological polar surface area (TPSA) is 103 Å². The first-order valence-electron chi connectivity index (χ1n) is 16.6. The second kappa shape index (κ2) is 24.4. The lowest BCUT2D eigenvalue weighted by Crippen LogP contribution is -2.23. The van der Waals surface area contributed by atoms with Crippen molar-refractivity contribution in [3.63, 3.8) is 0 Å². The number of rotatable bonds is 15. The summed E-state index contributed by atoms with van der Waals surface area (Å²) in [7, 11) is 3.37. The Balaban J connectivity index is 0.000000319. The van der Waals surface area contributed by atoms with Gasteiger partial charge in [-0.25, -0.2) is 4.79 Å². The molecule has 0 fully saturated rings. The summed E-state index contributed by atoms with van der Waals surface area (Å²) < 4.78 is 25.4. The highest BCUT2D eigenvalue weighted by Gasteiger charge is 2.29. The van der Waals surface area contributed by atoms with Gasteiger partial charge in [0, 0.05) is 33.4 Å². The number of methoxy groups -OCH3 is 2. The molecule has 3 aromatic carbocycles. The number of aromatic nitrogens is 3. The number of para-hydroxylation sites is 1. The Morgan fingerprint density at radius 1 is 0.702 bits per heavy atom. The molecule has 1 heterocycles. The number of nitrogens with zero attached hydrogens (tertiary/aromatic N) is 3. The number of hydrogen-bond acceptors (Lipinski definition) is 9. The molecule has 1 aliphatic carbocycles. The number of ether oxygens (including phenoxy) is 5. The summed E-state index contributed by atoms with van der Waals surface area (Å²) in [5.41, 5.74) is 5.90. The molecular formula is C37H53N3O7. The SMILES string of the molecule is CC.CCCCOCCOC.CCCCOCCOC.O=C(OCC1c2ccccc2-c2ccccc21)On1nnc2ccccc21. The Hall–Kier alpha value is -3.83. The molecule has 0 saturated carbocycles. The monoisotopic (exact) mass is 651 g/mol. The minimum Gasteiger partial charge on any atom is -0.432 e. The van der Waals surface area contributed by atoms with E-state index >= 15 is 0 Å². The van der Waals surface area contributed by atoms with Crippen LogP contribution in [0.2, 0.25) is 0 Å². The van der Waals surface area contributed by atoms with Crippen LogP contribution in [0, 0.1) is 0 Å². The van der Waals surface area contributed by atoms with Crippen LogP contribution in [0.1, 0.15) is 70.4 Å². The first-order chi connectivity index (χ1) is 23.1. The van der Waals surface area contributed by atoms with Crippen molar-refractivity contribution in [3.05, 3.63) is 83.9 Å². The van der Waals surface area contributed by atoms with Crippen molar-refractivity contribution in [1.29, 1.82) is 0 Å². The lowest BCUT2D eigenvalue weighted by Gasteiger charge is -2.13. The van der Waals surface area contributed by atoms with Crippen LogP contribution in [-0.4, -0.2) is 81.8 Å². The van der Waals surface area contributed by atoms with Crippen LogP contribution in [0.15, 0.2) is 72.8 Å². The van der Waals surface area contributed by atoms with Gasteiger partial charge in [0.1, 0.15) is 17.6 Å². The zero-order chi connectivity index (χ0) is 34.1. The van der Waals surface area contributed by atoms with E-state index in [9.17, 15) is 4.79 Å². The van der Waals surface area contributed by atoms with E-state index in [0.29, 0.717) is 24.2 Å². The van der Waals surface area contributed by atoms with Crippen LogP contribution in [-0.2, 0) is 23.7 Å². The van der Waals surface area contributed by atoms with Gasteiger partial charge in [-0.3, -0.25) is 4.84 Å². The predicted molar refractivity (Wildman–Crippen MR) is 186 cm³/mol. The van der Waals surface area contributed by atoms with Crippen LogP contribution >= 0.6 is 0 Å². The summed E-state index contributed by atoms with van der Waals surface area (Å²) in [6, 6.07) is 23.6. The minimum absolute atomic E-state index is 0.0163. The second-order valence-electron chi connectivity index (χ2n) is 10.2. The zero-order valence-corrected chi connectivity index (χ0v) is 29.0. The van der Waals surface area contributed by atoms with Gasteiger partial charge in [0.2, 0.25) is 0 Å². The van der Waals surface area contributed by atoms with E-state index in [2.05, 4.69) is 48.4 Å². The largest absolute Gasteiger partial charge is 0.535 e. The fourth-order valence-corrected chi connectivity index (χ4v) is 4.58. The Morgan fingerprint density at radius 3 is 1.74 bits per heavy atom. The number of carbonyl (C=O) groups is 1. The van der Waals surface area contributed by atoms with Gasteiger partial charge in [0.05, 0.1) is 26.4 Å². The quantitative estimate of drug-likeness (QED) is 0.0726. The summed E-state index contributed by atoms with van der Waals surface area (Å²) in [5.74, 6) is -0.0163. The van der Waals surface area contributed by atoms with E-state index in [1.54, 1.807) is 26.4 Å². The fraction of sp³-hybridized carbons (Fsp3) is 0.486. The van der Waals surface area contributed by atoms with Crippen LogP contribution in [0.25, 0.3) is 22.2 Å². The van der Waals surface area contributed by atoms with Crippen molar-refractivity contribution in [2.45, 2.75) is 59.3 Å². The standard InChI is InChI=1S/C21H15N3O3.2C7H16O2.C2H6/c25-21(27-24-20-12-6-5-11-19(20)22-23-24)26-13-18-16-9-3-1-7-14(16)15-8-2-4-10-17(15)18;2*1-3-4-5-9-7-6-8-2;1-2/h1-12,18H,13H2;2*3-7H2,1-2H3;1-2H3. The van der Waals surface area contributed by atoms with Crippen molar-refractivity contribution >= 4 is 17.2 Å². The third-order valence-corrected chi connectivity index (χ3v) is 6.96. The highest BCUT2D eigenvalue weighted by Crippen LogP contribution is 2.44. The summed E-state index contributed by atoms with van der Waals surface area (Å²) in [6.45, 7) is 13.1. The third-order valence-electron chi connectivity index (χ3n) is 6.96. The van der Waals surface area contributed by atoms with Gasteiger partial charge in [0.25, 0.3) is 0 Å². The van der Waals surface area contributed by atoms with E-state index in [1.807, 2.05) is 50.2 Å². The normalized spacial score (nSPS) is 11.2. The molecule has 0 atom stereocenters. The maximum Gasteiger partial charge on any atom is 0.535 e. The fourth-order valence-electron chi connectivity index (χ4n) is 4.58. The summed E-state index contributed by atoms with van der Waals surface area (Å²) in [5, 5.41) is 7.78. The average Bonchev–Trinajstić information content (AvgIpc) is 3.67. The molecule has 0 saturated heterocycles. The van der Waals surface area contributed by atoms with Crippen molar-refractivity contribution < 1.29 is 33.3 Å². The van der Waals surface area contributed by atoms with Gasteiger partial charge in [-0.2, -0.15) is 0 Å². The molecule has 258 valence electrons. The van der Waals surface area contributed by atoms with Crippen molar-refractivity contribution in [3.8, 4) is 11.1 Å². The maximum atomic E-state index is 12.2. The first kappa shape index (κ1) is 39.3. The molecule has 0 N–H and O–H groups in total. The lowest BCUT2D eigenvalue weighted by molar-refractivity contribution is 0.0379. The molecule has 0 aliphatic heterocycles. The van der Waals surface area contributed by atoms with Crippen molar-refractivity contribution in [2.75, 3.05) is 60.5 Å². The summed E-state index contributed by atoms with van der Waals surface area (Å²) in [4.78, 5) is 18.5. The smallest absolute Gasteiger partial charge is 0.432 e. The maximum absolute atomic E-state index is 12.2. The molecular weight excluding hydrogens is 598 g/mol. The van der Waals surface area contributed by atoms with Crippen molar-refractivity contribution in [2.24, 2.45) is 0 Å². The number of fused-ring (bicyclic) bond motifs is 4. The molecule has 4 aromatic rings. The number of benzene rings is 3. The van der Waals surface area contributed by atoms with E-state index in [-0.39, 0.29) is 12.5 Å². The van der Waals surface area contributed by atoms with Gasteiger partial charge >= 0.3 is 6.16 Å². The number of carbonyl (C=O) groups excluding carboxylic acids is 1. The van der Waals surface area contributed by atoms with Gasteiger partial charge < -0.3 is 23.7 Å². The molecule has 0 bridgehead atoms. The van der Waals surface area contributed by atoms with Crippen LogP contribution in [0.4, 0.5) is 4.79 Å². The second-order valence-corrected chi connectivity index (χ2v) is 10.2. The Kier molecular flexibility index (Phi) is 20.4. The van der Waals surface area contributed by atoms with Crippen LogP contribution in [0.5, 0.6) is 0 Å². The van der Waals surface area contributed by atoms with Gasteiger partial charge in [-0.15, -0.1) is 5.10 Å². The molecule has 0 radical (unpaired) electrons. The average molecular weight is 652 g/mol. The molecule has 10 nitrogen and oxygen atoms in total. The summed E-state index contributed by atoms with van der Waals surface area (Å²) >= 11 is 0. The third kappa shape index (κ3) is 13.4. The Morgan fingerprint density at radius 2 is 1.21 bits per heavy atom. The first-order valence-corrected chi connectivity index (χ1v) is 16.6. The molecule has 10 heteroatoms. The predicted octanol–water partition coefficient (Wildman–Crippen LogP) is 7.73. The molecule has 1 aromatic heterocycles. The molecule has 1 aliphatic rings. The van der Waals surface area contributed by atoms with Crippen LogP contribution < -0.4 is 4.84 Å². The Labute approximate surface area is 280 Å². The molecule has 0 spiro atoms. The van der Waals surface area contributed by atoms with E-state index in [0.717, 1.165) is 55.2 Å². The van der Waals surface area contributed by atoms with E-state index < -0.39 is 6.16 Å². The molecule has 0 unspecified atom stereocenters. The molecule has 5 rings (SSSR count). The van der Waals surface area contributed by atoms with Crippen LogP contribution in [0.3, 0.4) is 0 Å². The summed E-state index contributed by atoms with van der Waals surface area (Å²) in [6.07, 6.45) is 3.90. The van der Waals surface area contributed by atoms with Gasteiger partial charge in [0.15, 0.2) is 0 Å².